The lowest BCUT2D eigenvalue weighted by molar-refractivity contribution is -0.148. The maximum absolute atomic E-state index is 12.8. The Balaban J connectivity index is -0.00000101. The molecular weight excluding hydrogens is 1040 g/mol. The summed E-state index contributed by atoms with van der Waals surface area (Å²) < 4.78 is 24.7. The molecule has 5 N–H and O–H groups in total. The van der Waals surface area contributed by atoms with Crippen molar-refractivity contribution in [3.05, 3.63) is 99.2 Å². The van der Waals surface area contributed by atoms with Gasteiger partial charge in [-0.25, -0.2) is 0 Å². The minimum atomic E-state index is -1.97. The molecule has 12 heteroatoms. The molecule has 81 heavy (non-hydrogen) atoms. The minimum absolute atomic E-state index is 0.0328. The summed E-state index contributed by atoms with van der Waals surface area (Å²) in [6.45, 7) is 69.6. The van der Waals surface area contributed by atoms with E-state index >= 15 is 0 Å². The summed E-state index contributed by atoms with van der Waals surface area (Å²) in [4.78, 5) is 12.8. The third-order valence-electron chi connectivity index (χ3n) is 16.9. The zero-order valence-corrected chi connectivity index (χ0v) is 58.8. The fourth-order valence-electron chi connectivity index (χ4n) is 7.42. The van der Waals surface area contributed by atoms with E-state index in [4.69, 9.17) is 18.3 Å². The van der Waals surface area contributed by atoms with Crippen LogP contribution in [0.15, 0.2) is 99.2 Å². The third-order valence-corrected chi connectivity index (χ3v) is 25.9. The second kappa shape index (κ2) is 39.4. The molecule has 0 aliphatic carbocycles. The van der Waals surface area contributed by atoms with Crippen molar-refractivity contribution in [2.24, 2.45) is 59.2 Å². The predicted octanol–water partition coefficient (Wildman–Crippen LogP) is 16.6. The average Bonchev–Trinajstić information content (AvgIpc) is 3.67. The Kier molecular flexibility index (Phi) is 40.3. The second-order valence-corrected chi connectivity index (χ2v) is 37.3. The van der Waals surface area contributed by atoms with Gasteiger partial charge < -0.3 is 43.9 Å². The molecule has 1 heterocycles. The highest BCUT2D eigenvalue weighted by Gasteiger charge is 2.44. The van der Waals surface area contributed by atoms with Gasteiger partial charge in [-0.15, -0.1) is 26.3 Å². The normalized spacial score (nSPS) is 21.8. The first-order valence-electron chi connectivity index (χ1n) is 30.6. The Morgan fingerprint density at radius 3 is 1.30 bits per heavy atom. The van der Waals surface area contributed by atoms with Crippen LogP contribution in [-0.2, 0) is 23.1 Å². The van der Waals surface area contributed by atoms with Gasteiger partial charge in [0.1, 0.15) is 6.10 Å². The Hall–Kier alpha value is -2.34. The summed E-state index contributed by atoms with van der Waals surface area (Å²) >= 11 is 0. The molecule has 1 aliphatic heterocycles. The van der Waals surface area contributed by atoms with Crippen LogP contribution >= 0.6 is 0 Å². The number of rotatable bonds is 31. The van der Waals surface area contributed by atoms with Crippen LogP contribution in [0, 0.1) is 59.2 Å². The van der Waals surface area contributed by atoms with Crippen LogP contribution in [0.1, 0.15) is 178 Å². The Bertz CT molecular complexity index is 1870. The number of Topliss-reactive ketones (excluding diaryl/α,β-unsaturated/α-hetero) is 1. The summed E-state index contributed by atoms with van der Waals surface area (Å²) in [6, 6.07) is 0. The van der Waals surface area contributed by atoms with Crippen LogP contribution < -0.4 is 0 Å². The van der Waals surface area contributed by atoms with Crippen LogP contribution in [0.5, 0.6) is 0 Å². The van der Waals surface area contributed by atoms with E-state index in [1.807, 2.05) is 71.9 Å². The lowest BCUT2D eigenvalue weighted by atomic mass is 9.93. The van der Waals surface area contributed by atoms with Crippen molar-refractivity contribution >= 4 is 22.4 Å². The number of hydrogen-bond acceptors (Lipinski definition) is 10. The minimum Gasteiger partial charge on any atom is -0.411 e. The first-order valence-corrected chi connectivity index (χ1v) is 36.5. The molecule has 1 aliphatic rings. The first-order chi connectivity index (χ1) is 36.8. The molecule has 0 bridgehead atoms. The van der Waals surface area contributed by atoms with Gasteiger partial charge >= 0.3 is 0 Å². The Labute approximate surface area is 502 Å². The molecule has 0 saturated carbocycles. The van der Waals surface area contributed by atoms with Gasteiger partial charge in [0.05, 0.1) is 48.8 Å². The number of hydrogen-bond donors (Lipinski definition) is 5. The molecule has 1 rings (SSSR count). The van der Waals surface area contributed by atoms with Gasteiger partial charge in [0.2, 0.25) is 0 Å². The topological polar surface area (TPSA) is 155 Å². The third kappa shape index (κ3) is 33.2. The van der Waals surface area contributed by atoms with Crippen molar-refractivity contribution in [2.45, 2.75) is 275 Å². The van der Waals surface area contributed by atoms with Gasteiger partial charge in [0, 0.05) is 23.7 Å². The molecule has 0 aromatic heterocycles. The molecular formula is C69H130O10Si2. The summed E-state index contributed by atoms with van der Waals surface area (Å²) in [5.74, 6) is 2.08. The van der Waals surface area contributed by atoms with Crippen molar-refractivity contribution in [3.63, 3.8) is 0 Å². The van der Waals surface area contributed by atoms with E-state index in [1.54, 1.807) is 26.0 Å². The van der Waals surface area contributed by atoms with E-state index in [2.05, 4.69) is 180 Å². The molecule has 17 atom stereocenters. The maximum Gasteiger partial charge on any atom is 0.193 e. The van der Waals surface area contributed by atoms with Crippen LogP contribution in [0.2, 0.25) is 36.3 Å². The van der Waals surface area contributed by atoms with Gasteiger partial charge in [-0.2, -0.15) is 0 Å². The molecule has 474 valence electrons. The van der Waals surface area contributed by atoms with E-state index in [1.165, 1.54) is 0 Å². The monoisotopic (exact) mass is 1170 g/mol. The standard InChI is InChI=1S/C20H40O2Si.C20H38O2Si.C16H28O3.C13H24O3/c2*1-11-12-18(22-23(9,10)20(6,7)8)19(21)17(5)14-13-16(4)15(2)3;1-7-8-14-15(19-16(5,6)18-14)12(3)10-9-11(2)13(4)17;1-5-6-12(15)13(16)10(3)8-7-9(2)11(4)14/h11,13-19,21H,1,12H2,2-10H3;11,13-18H,1,12H2,2-10H3;7,9-15,17H,1,8H2,2-6H3;5,7-16H,1,6H2,2-4H3/b2*14-13-;10-9-;8-7-/t16-,17-,18+,19-;16-,17-,18+;11-,12-,13+,14+,15-;9-,10-,11+,12+,13-/m1111/s1. The second-order valence-electron chi connectivity index (χ2n) is 27.8. The number of carbonyl (C=O) groups is 1. The first kappa shape index (κ1) is 82.9. The molecule has 1 saturated heterocycles. The molecule has 0 aromatic carbocycles. The maximum atomic E-state index is 12.8. The number of ketones is 1. The van der Waals surface area contributed by atoms with Gasteiger partial charge in [-0.3, -0.25) is 4.79 Å². The lowest BCUT2D eigenvalue weighted by Crippen LogP contribution is -2.48. The van der Waals surface area contributed by atoms with Gasteiger partial charge in [0.25, 0.3) is 0 Å². The quantitative estimate of drug-likeness (QED) is 0.0335. The van der Waals surface area contributed by atoms with E-state index in [9.17, 15) is 30.3 Å². The van der Waals surface area contributed by atoms with Gasteiger partial charge in [-0.1, -0.05) is 198 Å². The van der Waals surface area contributed by atoms with Crippen molar-refractivity contribution in [1.82, 2.24) is 0 Å². The fourth-order valence-corrected chi connectivity index (χ4v) is 10.0. The highest BCUT2D eigenvalue weighted by Crippen LogP contribution is 2.40. The number of aliphatic hydroxyl groups is 5. The molecule has 0 aromatic rings. The molecule has 0 unspecified atom stereocenters. The number of carbonyl (C=O) groups excluding carboxylic acids is 1. The summed E-state index contributed by atoms with van der Waals surface area (Å²) in [5, 5.41) is 49.1. The smallest absolute Gasteiger partial charge is 0.193 e. The average molecular weight is 1180 g/mol. The number of allylic oxidation sites excluding steroid dienone is 3. The van der Waals surface area contributed by atoms with E-state index in [0.717, 1.165) is 6.42 Å². The van der Waals surface area contributed by atoms with Crippen LogP contribution in [-0.4, -0.2) is 109 Å². The van der Waals surface area contributed by atoms with E-state index in [-0.39, 0.29) is 81.9 Å². The largest absolute Gasteiger partial charge is 0.411 e. The molecule has 1 fully saturated rings. The zero-order chi connectivity index (χ0) is 64.2. The zero-order valence-electron chi connectivity index (χ0n) is 56.8. The van der Waals surface area contributed by atoms with E-state index < -0.39 is 46.8 Å². The highest BCUT2D eigenvalue weighted by atomic mass is 28.4. The SMILES string of the molecule is C=CC[C@@H]1OC(C)(C)O[C@@H]1[C@H](C)/C=C\[C@@H](C)[C@H](C)O.C=CC[C@H](O)[C@H](O)[C@H](C)/C=C\[C@@H](C)[C@H](C)O.C=CC[C@H](O[Si](C)(C)C(C)(C)C)C(=O)[C@H](C)/C=C\[C@@H](C)C(C)C.C=CC[C@H](O[Si](C)(C)C(C)(C)C)[C@H](O)[C@H](C)/C=C\[C@@H](C)C(C)C. The van der Waals surface area contributed by atoms with Crippen molar-refractivity contribution < 1.29 is 48.7 Å². The fraction of sp³-hybridized carbons (Fsp3) is 0.754. The van der Waals surface area contributed by atoms with Crippen LogP contribution in [0.3, 0.4) is 0 Å². The van der Waals surface area contributed by atoms with Crippen LogP contribution in [0.4, 0.5) is 0 Å². The van der Waals surface area contributed by atoms with Gasteiger partial charge in [0.15, 0.2) is 28.2 Å². The highest BCUT2D eigenvalue weighted by molar-refractivity contribution is 6.74. The van der Waals surface area contributed by atoms with Crippen molar-refractivity contribution in [1.29, 1.82) is 0 Å². The lowest BCUT2D eigenvalue weighted by Gasteiger charge is -2.41. The van der Waals surface area contributed by atoms with Crippen molar-refractivity contribution in [2.75, 3.05) is 0 Å². The Morgan fingerprint density at radius 1 is 0.519 bits per heavy atom. The van der Waals surface area contributed by atoms with Crippen molar-refractivity contribution in [3.8, 4) is 0 Å². The Morgan fingerprint density at radius 2 is 0.901 bits per heavy atom. The van der Waals surface area contributed by atoms with Gasteiger partial charge in [-0.05, 0) is 125 Å². The number of ether oxygens (including phenoxy) is 2. The molecule has 10 nitrogen and oxygen atoms in total. The summed E-state index contributed by atoms with van der Waals surface area (Å²) in [5.41, 5.74) is 0. The molecule has 0 radical (unpaired) electrons. The summed E-state index contributed by atoms with van der Waals surface area (Å²) in [6.07, 6.45) is 22.7. The molecule has 0 amide bonds. The summed E-state index contributed by atoms with van der Waals surface area (Å²) in [7, 11) is -3.88. The van der Waals surface area contributed by atoms with E-state index in [0.29, 0.717) is 42.9 Å². The predicted molar refractivity (Wildman–Crippen MR) is 353 cm³/mol. The molecule has 0 spiro atoms. The number of aliphatic hydroxyl groups excluding tert-OH is 5. The van der Waals surface area contributed by atoms with Crippen LogP contribution in [0.25, 0.3) is 0 Å².